The lowest BCUT2D eigenvalue weighted by molar-refractivity contribution is 0.247. The second-order valence-electron chi connectivity index (χ2n) is 5.25. The molecular weight excluding hydrogens is 317 g/mol. The fourth-order valence-electron chi connectivity index (χ4n) is 2.75. The molecule has 0 aliphatic heterocycles. The number of benzene rings is 1. The molecule has 1 aliphatic rings. The monoisotopic (exact) mass is 331 g/mol. The molecule has 0 bridgehead atoms. The second-order valence-corrected chi connectivity index (χ2v) is 8.32. The summed E-state index contributed by atoms with van der Waals surface area (Å²) >= 11 is 11.8. The van der Waals surface area contributed by atoms with E-state index < -0.39 is 14.6 Å². The zero-order valence-electron chi connectivity index (χ0n) is 11.1. The van der Waals surface area contributed by atoms with Gasteiger partial charge in [0.05, 0.1) is 16.0 Å². The Morgan fingerprint density at radius 2 is 2.05 bits per heavy atom. The van der Waals surface area contributed by atoms with Gasteiger partial charge in [-0.1, -0.05) is 43.0 Å². The van der Waals surface area contributed by atoms with E-state index in [1.807, 2.05) is 6.07 Å². The van der Waals surface area contributed by atoms with Crippen LogP contribution in [0, 0.1) is 17.2 Å². The van der Waals surface area contributed by atoms with Gasteiger partial charge in [-0.15, -0.1) is 0 Å². The molecule has 1 fully saturated rings. The molecule has 0 saturated heterocycles. The zero-order chi connectivity index (χ0) is 15.0. The first-order chi connectivity index (χ1) is 9.36. The lowest BCUT2D eigenvalue weighted by Gasteiger charge is -2.41. The lowest BCUT2D eigenvalue weighted by atomic mass is 9.73. The highest BCUT2D eigenvalue weighted by Crippen LogP contribution is 2.49. The molecular formula is C14H15Cl2NO2S. The van der Waals surface area contributed by atoms with Crippen molar-refractivity contribution in [2.24, 2.45) is 5.92 Å². The summed E-state index contributed by atoms with van der Waals surface area (Å²) in [6, 6.07) is 6.30. The molecule has 1 aromatic carbocycles. The van der Waals surface area contributed by atoms with E-state index in [0.29, 0.717) is 23.8 Å². The minimum absolute atomic E-state index is 0.0387. The fraction of sp³-hybridized carbons (Fsp3) is 0.500. The average molecular weight is 332 g/mol. The first-order valence-electron chi connectivity index (χ1n) is 6.47. The standard InChI is InChI=1S/C14H15Cl2NO2S/c1-2-3-10-7-14(8-10,9-17)20(18,19)13-6-11(15)4-5-12(13)16/h4-6,10H,2-3,7-8H2,1H3. The highest BCUT2D eigenvalue weighted by atomic mass is 35.5. The van der Waals surface area contributed by atoms with Crippen molar-refractivity contribution in [3.8, 4) is 6.07 Å². The van der Waals surface area contributed by atoms with Crippen LogP contribution in [0.5, 0.6) is 0 Å². The van der Waals surface area contributed by atoms with Gasteiger partial charge in [-0.3, -0.25) is 0 Å². The van der Waals surface area contributed by atoms with Crippen LogP contribution in [0.25, 0.3) is 0 Å². The summed E-state index contributed by atoms with van der Waals surface area (Å²) in [5.41, 5.74) is 0. The maximum Gasteiger partial charge on any atom is 0.198 e. The molecule has 0 radical (unpaired) electrons. The SMILES string of the molecule is CCCC1CC(C#N)(S(=O)(=O)c2cc(Cl)ccc2Cl)C1. The number of nitrogens with zero attached hydrogens (tertiary/aromatic N) is 1. The third kappa shape index (κ3) is 2.43. The number of rotatable bonds is 4. The van der Waals surface area contributed by atoms with E-state index in [1.54, 1.807) is 0 Å². The Labute approximate surface area is 129 Å². The Morgan fingerprint density at radius 3 is 2.60 bits per heavy atom. The van der Waals surface area contributed by atoms with Crippen LogP contribution in [-0.4, -0.2) is 13.2 Å². The summed E-state index contributed by atoms with van der Waals surface area (Å²) in [6.07, 6.45) is 2.69. The van der Waals surface area contributed by atoms with Crippen LogP contribution in [0.3, 0.4) is 0 Å². The van der Waals surface area contributed by atoms with Crippen LogP contribution in [0.1, 0.15) is 32.6 Å². The molecule has 2 rings (SSSR count). The predicted octanol–water partition coefficient (Wildman–Crippen LogP) is 4.24. The Balaban J connectivity index is 2.40. The summed E-state index contributed by atoms with van der Waals surface area (Å²) in [5, 5.41) is 9.79. The Hall–Kier alpha value is -0.760. The van der Waals surface area contributed by atoms with Gasteiger partial charge in [-0.2, -0.15) is 5.26 Å². The van der Waals surface area contributed by atoms with Gasteiger partial charge in [0.2, 0.25) is 0 Å². The van der Waals surface area contributed by atoms with Crippen molar-refractivity contribution in [2.45, 2.75) is 42.2 Å². The van der Waals surface area contributed by atoms with E-state index in [0.717, 1.165) is 12.8 Å². The van der Waals surface area contributed by atoms with E-state index in [9.17, 15) is 13.7 Å². The van der Waals surface area contributed by atoms with Gasteiger partial charge in [0.15, 0.2) is 14.6 Å². The average Bonchev–Trinajstić information content (AvgIpc) is 2.35. The largest absolute Gasteiger partial charge is 0.222 e. The summed E-state index contributed by atoms with van der Waals surface area (Å²) in [5.74, 6) is 0.299. The third-order valence-corrected chi connectivity index (χ3v) is 6.88. The Morgan fingerprint density at radius 1 is 1.40 bits per heavy atom. The van der Waals surface area contributed by atoms with Crippen LogP contribution >= 0.6 is 23.2 Å². The van der Waals surface area contributed by atoms with Gasteiger partial charge in [0.25, 0.3) is 0 Å². The number of halogens is 2. The normalized spacial score (nSPS) is 25.8. The van der Waals surface area contributed by atoms with Crippen LogP contribution in [0.15, 0.2) is 23.1 Å². The molecule has 0 heterocycles. The van der Waals surface area contributed by atoms with Crippen molar-refractivity contribution in [1.29, 1.82) is 5.26 Å². The van der Waals surface area contributed by atoms with Gasteiger partial charge in [-0.25, -0.2) is 8.42 Å². The minimum atomic E-state index is -3.80. The van der Waals surface area contributed by atoms with Gasteiger partial charge in [0, 0.05) is 5.02 Å². The number of hydrogen-bond acceptors (Lipinski definition) is 3. The molecule has 20 heavy (non-hydrogen) atoms. The topological polar surface area (TPSA) is 57.9 Å². The maximum atomic E-state index is 12.7. The molecule has 0 unspecified atom stereocenters. The third-order valence-electron chi connectivity index (χ3n) is 3.83. The summed E-state index contributed by atoms with van der Waals surface area (Å²) in [7, 11) is -3.80. The molecule has 0 amide bonds. The summed E-state index contributed by atoms with van der Waals surface area (Å²) in [4.78, 5) is -0.0387. The molecule has 6 heteroatoms. The van der Waals surface area contributed by atoms with Crippen molar-refractivity contribution < 1.29 is 8.42 Å². The zero-order valence-corrected chi connectivity index (χ0v) is 13.4. The Bertz CT molecular complexity index is 658. The molecule has 3 nitrogen and oxygen atoms in total. The maximum absolute atomic E-state index is 12.7. The van der Waals surface area contributed by atoms with Crippen molar-refractivity contribution in [3.05, 3.63) is 28.2 Å². The van der Waals surface area contributed by atoms with Gasteiger partial charge in [0.1, 0.15) is 0 Å². The Kier molecular flexibility index (Phi) is 4.34. The number of hydrogen-bond donors (Lipinski definition) is 0. The fourth-order valence-corrected chi connectivity index (χ4v) is 5.47. The van der Waals surface area contributed by atoms with E-state index in [2.05, 4.69) is 6.92 Å². The molecule has 1 saturated carbocycles. The van der Waals surface area contributed by atoms with Crippen molar-refractivity contribution in [3.63, 3.8) is 0 Å². The number of nitriles is 1. The van der Waals surface area contributed by atoms with E-state index >= 15 is 0 Å². The summed E-state index contributed by atoms with van der Waals surface area (Å²) < 4.78 is 24.1. The lowest BCUT2D eigenvalue weighted by Crippen LogP contribution is -2.49. The van der Waals surface area contributed by atoms with Crippen LogP contribution < -0.4 is 0 Å². The highest BCUT2D eigenvalue weighted by Gasteiger charge is 2.55. The first kappa shape index (κ1) is 15.6. The van der Waals surface area contributed by atoms with Crippen molar-refractivity contribution >= 4 is 33.0 Å². The van der Waals surface area contributed by atoms with Gasteiger partial charge in [-0.05, 0) is 37.0 Å². The molecule has 0 N–H and O–H groups in total. The molecule has 1 aliphatic carbocycles. The highest BCUT2D eigenvalue weighted by molar-refractivity contribution is 7.93. The van der Waals surface area contributed by atoms with Crippen molar-refractivity contribution in [1.82, 2.24) is 0 Å². The quantitative estimate of drug-likeness (QED) is 0.828. The first-order valence-corrected chi connectivity index (χ1v) is 8.71. The predicted molar refractivity (Wildman–Crippen MR) is 79.6 cm³/mol. The summed E-state index contributed by atoms with van der Waals surface area (Å²) in [6.45, 7) is 2.05. The molecule has 108 valence electrons. The number of sulfone groups is 1. The van der Waals surface area contributed by atoms with Crippen LogP contribution in [-0.2, 0) is 9.84 Å². The smallest absolute Gasteiger partial charge is 0.198 e. The second kappa shape index (κ2) is 5.55. The van der Waals surface area contributed by atoms with Crippen LogP contribution in [0.2, 0.25) is 10.0 Å². The van der Waals surface area contributed by atoms with Crippen molar-refractivity contribution in [2.75, 3.05) is 0 Å². The van der Waals surface area contributed by atoms with E-state index in [-0.39, 0.29) is 9.92 Å². The van der Waals surface area contributed by atoms with Crippen LogP contribution in [0.4, 0.5) is 0 Å². The molecule has 1 aromatic rings. The van der Waals surface area contributed by atoms with E-state index in [1.165, 1.54) is 18.2 Å². The molecule has 0 atom stereocenters. The molecule has 0 spiro atoms. The molecule has 0 aromatic heterocycles. The van der Waals surface area contributed by atoms with Gasteiger partial charge >= 0.3 is 0 Å². The van der Waals surface area contributed by atoms with E-state index in [4.69, 9.17) is 23.2 Å². The minimum Gasteiger partial charge on any atom is -0.222 e. The van der Waals surface area contributed by atoms with Gasteiger partial charge < -0.3 is 0 Å².